The van der Waals surface area contributed by atoms with Gasteiger partial charge in [0.15, 0.2) is 0 Å². The van der Waals surface area contributed by atoms with Crippen molar-refractivity contribution in [2.45, 2.75) is 24.9 Å². The van der Waals surface area contributed by atoms with E-state index in [4.69, 9.17) is 0 Å². The quantitative estimate of drug-likeness (QED) is 0.337. The summed E-state index contributed by atoms with van der Waals surface area (Å²) in [6.07, 6.45) is -1.67. The molecule has 0 spiro atoms. The third-order valence-corrected chi connectivity index (χ3v) is 1.21. The van der Waals surface area contributed by atoms with Gasteiger partial charge >= 0.3 is 51.4 Å². The van der Waals surface area contributed by atoms with Gasteiger partial charge in [0.1, 0.15) is 0 Å². The Morgan fingerprint density at radius 1 is 1.50 bits per heavy atom. The zero-order chi connectivity index (χ0) is 5.49. The minimum atomic E-state index is -2.88. The largest absolute Gasteiger partial charge is 1.00 e. The normalized spacial score (nSPS) is 32.6. The molecule has 0 amide bonds. The van der Waals surface area contributed by atoms with Crippen LogP contribution < -0.4 is 56.5 Å². The van der Waals surface area contributed by atoms with E-state index in [2.05, 4.69) is 0 Å². The number of hydrogen-bond donors (Lipinski definition) is 0. The SMILES string of the molecule is [K+].[O-]C1CCC1(F)F. The molecule has 1 aliphatic rings. The fraction of sp³-hybridized carbons (Fsp3) is 1.00. The van der Waals surface area contributed by atoms with E-state index in [-0.39, 0.29) is 64.2 Å². The van der Waals surface area contributed by atoms with Crippen molar-refractivity contribution in [2.75, 3.05) is 0 Å². The molecule has 0 aromatic rings. The molecule has 0 aromatic heterocycles. The minimum Gasteiger partial charge on any atom is -0.848 e. The van der Waals surface area contributed by atoms with Crippen LogP contribution in [0.5, 0.6) is 0 Å². The first-order valence-corrected chi connectivity index (χ1v) is 2.16. The molecule has 0 aliphatic heterocycles. The van der Waals surface area contributed by atoms with Gasteiger partial charge in [0, 0.05) is 6.42 Å². The second-order valence-electron chi connectivity index (χ2n) is 1.79. The first-order chi connectivity index (χ1) is 3.13. The summed E-state index contributed by atoms with van der Waals surface area (Å²) >= 11 is 0. The minimum absolute atomic E-state index is 0. The first kappa shape index (κ1) is 9.46. The molecule has 1 fully saturated rings. The van der Waals surface area contributed by atoms with Crippen molar-refractivity contribution in [1.29, 1.82) is 0 Å². The maximum Gasteiger partial charge on any atom is 1.00 e. The predicted octanol–water partition coefficient (Wildman–Crippen LogP) is -2.85. The van der Waals surface area contributed by atoms with Gasteiger partial charge in [0.05, 0.1) is 0 Å². The molecule has 0 heterocycles. The number of alkyl halides is 2. The maximum absolute atomic E-state index is 11.6. The Morgan fingerprint density at radius 2 is 1.88 bits per heavy atom. The fourth-order valence-electron chi connectivity index (χ4n) is 0.480. The van der Waals surface area contributed by atoms with E-state index >= 15 is 0 Å². The number of halogens is 2. The van der Waals surface area contributed by atoms with Crippen molar-refractivity contribution >= 4 is 0 Å². The number of rotatable bonds is 0. The molecule has 1 saturated carbocycles. The summed E-state index contributed by atoms with van der Waals surface area (Å²) in [5.41, 5.74) is 0. The van der Waals surface area contributed by atoms with Gasteiger partial charge in [-0.1, -0.05) is 12.5 Å². The molecule has 1 atom stereocenters. The van der Waals surface area contributed by atoms with Crippen LogP contribution in [0.3, 0.4) is 0 Å². The second-order valence-corrected chi connectivity index (χ2v) is 1.79. The van der Waals surface area contributed by atoms with E-state index < -0.39 is 12.0 Å². The van der Waals surface area contributed by atoms with Crippen molar-refractivity contribution in [2.24, 2.45) is 0 Å². The molecular weight excluding hydrogens is 141 g/mol. The van der Waals surface area contributed by atoms with Crippen molar-refractivity contribution in [3.8, 4) is 0 Å². The molecule has 1 nitrogen and oxygen atoms in total. The zero-order valence-corrected chi connectivity index (χ0v) is 7.78. The molecule has 0 radical (unpaired) electrons. The monoisotopic (exact) mass is 146 g/mol. The first-order valence-electron chi connectivity index (χ1n) is 2.16. The van der Waals surface area contributed by atoms with E-state index in [1.807, 2.05) is 0 Å². The molecule has 42 valence electrons. The van der Waals surface area contributed by atoms with Gasteiger partial charge in [0.25, 0.3) is 0 Å². The predicted molar refractivity (Wildman–Crippen MR) is 18.0 cm³/mol. The summed E-state index contributed by atoms with van der Waals surface area (Å²) < 4.78 is 23.2. The van der Waals surface area contributed by atoms with E-state index in [1.165, 1.54) is 0 Å². The van der Waals surface area contributed by atoms with Gasteiger partial charge < -0.3 is 5.11 Å². The van der Waals surface area contributed by atoms with Gasteiger partial charge in [-0.2, -0.15) is 0 Å². The Hall–Kier alpha value is 1.46. The van der Waals surface area contributed by atoms with Crippen LogP contribution in [0.4, 0.5) is 8.78 Å². The third-order valence-electron chi connectivity index (χ3n) is 1.21. The molecule has 0 bridgehead atoms. The van der Waals surface area contributed by atoms with Crippen LogP contribution in [-0.4, -0.2) is 12.0 Å². The fourth-order valence-corrected chi connectivity index (χ4v) is 0.480. The maximum atomic E-state index is 11.6. The molecule has 0 aromatic carbocycles. The average molecular weight is 146 g/mol. The molecule has 1 aliphatic carbocycles. The van der Waals surface area contributed by atoms with Gasteiger partial charge in [0.2, 0.25) is 5.92 Å². The molecule has 0 N–H and O–H groups in total. The molecular formula is C4H5F2KO. The van der Waals surface area contributed by atoms with Gasteiger partial charge in [-0.25, -0.2) is 8.78 Å². The Kier molecular flexibility index (Phi) is 3.58. The molecule has 1 rings (SSSR count). The summed E-state index contributed by atoms with van der Waals surface area (Å²) in [4.78, 5) is 0. The Balaban J connectivity index is 0.000000490. The van der Waals surface area contributed by atoms with Crippen molar-refractivity contribution in [3.63, 3.8) is 0 Å². The van der Waals surface area contributed by atoms with Gasteiger partial charge in [-0.15, -0.1) is 0 Å². The summed E-state index contributed by atoms with van der Waals surface area (Å²) in [6.45, 7) is 0. The third kappa shape index (κ3) is 1.72. The van der Waals surface area contributed by atoms with Gasteiger partial charge in [-0.3, -0.25) is 0 Å². The van der Waals surface area contributed by atoms with E-state index in [9.17, 15) is 13.9 Å². The second kappa shape index (κ2) is 3.03. The van der Waals surface area contributed by atoms with Crippen LogP contribution in [0.1, 0.15) is 12.8 Å². The van der Waals surface area contributed by atoms with Crippen LogP contribution in [-0.2, 0) is 0 Å². The summed E-state index contributed by atoms with van der Waals surface area (Å²) in [5.74, 6) is -2.88. The van der Waals surface area contributed by atoms with Crippen molar-refractivity contribution in [1.82, 2.24) is 0 Å². The van der Waals surface area contributed by atoms with Gasteiger partial charge in [-0.05, 0) is 0 Å². The number of hydrogen-bond acceptors (Lipinski definition) is 1. The topological polar surface area (TPSA) is 23.1 Å². The molecule has 4 heteroatoms. The molecule has 0 saturated heterocycles. The molecule has 1 unspecified atom stereocenters. The molecule has 8 heavy (non-hydrogen) atoms. The average Bonchev–Trinajstić information content (AvgIpc) is 1.63. The van der Waals surface area contributed by atoms with Crippen molar-refractivity contribution in [3.05, 3.63) is 0 Å². The van der Waals surface area contributed by atoms with E-state index in [1.54, 1.807) is 0 Å². The zero-order valence-electron chi connectivity index (χ0n) is 4.66. The Morgan fingerprint density at radius 3 is 1.88 bits per heavy atom. The van der Waals surface area contributed by atoms with E-state index in [0.29, 0.717) is 0 Å². The summed E-state index contributed by atoms with van der Waals surface area (Å²) in [5, 5.41) is 9.89. The smallest absolute Gasteiger partial charge is 0.848 e. The van der Waals surface area contributed by atoms with Crippen LogP contribution >= 0.6 is 0 Å². The van der Waals surface area contributed by atoms with Crippen LogP contribution in [0.25, 0.3) is 0 Å². The van der Waals surface area contributed by atoms with Crippen LogP contribution in [0.2, 0.25) is 0 Å². The summed E-state index contributed by atoms with van der Waals surface area (Å²) in [6, 6.07) is 0. The van der Waals surface area contributed by atoms with Crippen molar-refractivity contribution < 1.29 is 65.3 Å². The Labute approximate surface area is 88.9 Å². The van der Waals surface area contributed by atoms with Crippen LogP contribution in [0.15, 0.2) is 0 Å². The summed E-state index contributed by atoms with van der Waals surface area (Å²) in [7, 11) is 0. The standard InChI is InChI=1S/C4H5F2O.K/c5-4(6)2-1-3(4)7;/h3H,1-2H2;/q-1;+1. The Bertz CT molecular complexity index is 86.1. The van der Waals surface area contributed by atoms with Crippen LogP contribution in [0, 0.1) is 0 Å². The van der Waals surface area contributed by atoms with E-state index in [0.717, 1.165) is 0 Å².